The molecular weight excluding hydrogens is 1080 g/mol. The van der Waals surface area contributed by atoms with E-state index in [1.165, 1.54) is 37.9 Å². The lowest BCUT2D eigenvalue weighted by atomic mass is 10.3. The predicted molar refractivity (Wildman–Crippen MR) is 356 cm³/mol. The van der Waals surface area contributed by atoms with Crippen LogP contribution in [0.2, 0.25) is 75.5 Å². The normalized spacial score (nSPS) is 14.2. The van der Waals surface area contributed by atoms with Crippen LogP contribution in [0.3, 0.4) is 0 Å². The first-order chi connectivity index (χ1) is 36.6. The Labute approximate surface area is 484 Å². The monoisotopic (exact) mass is 1200 g/mol. The summed E-state index contributed by atoms with van der Waals surface area (Å²) in [6.07, 6.45) is 14.0. The van der Waals surface area contributed by atoms with Gasteiger partial charge in [0.25, 0.3) is 0 Å². The molecule has 9 unspecified atom stereocenters. The number of nitrogens with one attached hydrogen (secondary N) is 6. The molecule has 0 aromatic carbocycles. The van der Waals surface area contributed by atoms with Crippen LogP contribution in [-0.2, 0) is 0 Å². The lowest BCUT2D eigenvalue weighted by Gasteiger charge is -2.30. The average molecular weight is 1200 g/mol. The Balaban J connectivity index is -0.0000000726. The standard InChI is InChI=1S/C9H21NOSi.C8H19NOSi.C6H15NOSi.C5H13NOSi.C5H11NO.2C4H9NO.C4H7NO.2C3H7NO.C2H5NO/c1-5-12(6-2,7-3)9(11)8-10-4;1-4-11(5-2,6-3)8(10)7-9;1-7-5-6(8)9(2,3)4;1-8(2,3)5(7)4-6;1-3-5(7)4-6-2;1-4(6)3-5-2;2*1-2-4(6)3-5;1-4-2-3-5;1-3(5)2-4;3-1-2-4/h8-9,11H,5-7H2,1-4H3;7-10H,4-6H2,1-3H3;5-6,8H,1-4H3;4-7H,1-3H3;4-5,7H,3H2,1-2H3;3-4,6H,1-2H3;3-6H,2H2,1H3;2-6H,1H2;2,5H,3H2,1H3;2-5H,1H3;1,3-4H,2H2. The van der Waals surface area contributed by atoms with Gasteiger partial charge in [0.15, 0.2) is 0 Å². The Bertz CT molecular complexity index is 1460. The molecule has 0 aromatic heterocycles. The van der Waals surface area contributed by atoms with Gasteiger partial charge >= 0.3 is 0 Å². The van der Waals surface area contributed by atoms with E-state index in [-0.39, 0.29) is 30.8 Å². The predicted octanol–water partition coefficient (Wildman–Crippen LogP) is 6.38. The lowest BCUT2D eigenvalue weighted by molar-refractivity contribution is 0.241. The van der Waals surface area contributed by atoms with Crippen molar-refractivity contribution in [3.8, 4) is 0 Å². The van der Waals surface area contributed by atoms with E-state index in [1.807, 2.05) is 33.5 Å². The van der Waals surface area contributed by atoms with Crippen LogP contribution in [0, 0.1) is 32.5 Å². The summed E-state index contributed by atoms with van der Waals surface area (Å²) in [5.41, 5.74) is -1.44. The Morgan fingerprint density at radius 1 is 0.405 bits per heavy atom. The molecule has 0 aliphatic heterocycles. The minimum atomic E-state index is -1.51. The number of hydrogen-bond donors (Lipinski definition) is 17. The first-order valence-electron chi connectivity index (χ1n) is 26.7. The molecule has 17 N–H and O–H groups in total. The smallest absolute Gasteiger partial charge is 0.106 e. The number of aliphatic imine (C=N–C) groups is 5. The fraction of sp³-hybridized carbons (Fsp3) is 0.755. The molecule has 0 saturated carbocycles. The van der Waals surface area contributed by atoms with Gasteiger partial charge in [-0.25, -0.2) is 0 Å². The average Bonchev–Trinajstić information content (AvgIpc) is 3.42. The van der Waals surface area contributed by atoms with E-state index < -0.39 is 68.2 Å². The van der Waals surface area contributed by atoms with Crippen LogP contribution in [0.5, 0.6) is 0 Å². The zero-order valence-corrected chi connectivity index (χ0v) is 57.1. The molecule has 0 rings (SSSR count). The highest BCUT2D eigenvalue weighted by Gasteiger charge is 2.34. The second-order valence-electron chi connectivity index (χ2n) is 19.0. The third-order valence-electron chi connectivity index (χ3n) is 10.9. The summed E-state index contributed by atoms with van der Waals surface area (Å²) in [4.78, 5) is 18.3. The topological polar surface area (TPSA) is 427 Å². The van der Waals surface area contributed by atoms with Gasteiger partial charge in [0.2, 0.25) is 0 Å². The van der Waals surface area contributed by atoms with E-state index in [1.54, 1.807) is 54.6 Å². The fourth-order valence-corrected chi connectivity index (χ4v) is 12.0. The molecule has 0 bridgehead atoms. The van der Waals surface area contributed by atoms with Gasteiger partial charge in [0, 0.05) is 104 Å². The van der Waals surface area contributed by atoms with E-state index in [4.69, 9.17) is 73.3 Å². The zero-order valence-electron chi connectivity index (χ0n) is 53.1. The second kappa shape index (κ2) is 72.6. The summed E-state index contributed by atoms with van der Waals surface area (Å²) >= 11 is 0. The van der Waals surface area contributed by atoms with E-state index >= 15 is 0 Å². The maximum atomic E-state index is 9.87. The highest BCUT2D eigenvalue weighted by Crippen LogP contribution is 2.24. The maximum absolute atomic E-state index is 9.87. The van der Waals surface area contributed by atoms with E-state index in [2.05, 4.69) is 92.7 Å². The number of aliphatic hydroxyl groups is 11. The molecule has 0 fully saturated rings. The van der Waals surface area contributed by atoms with Crippen molar-refractivity contribution in [3.63, 3.8) is 0 Å². The molecule has 0 spiro atoms. The van der Waals surface area contributed by atoms with Crippen molar-refractivity contribution in [2.75, 3.05) is 48.5 Å². The van der Waals surface area contributed by atoms with Crippen LogP contribution in [-0.4, -0.2) is 259 Å². The van der Waals surface area contributed by atoms with Crippen LogP contribution in [0.4, 0.5) is 0 Å². The van der Waals surface area contributed by atoms with Gasteiger partial charge in [-0.2, -0.15) is 0 Å². The quantitative estimate of drug-likeness (QED) is 0.0286. The van der Waals surface area contributed by atoms with E-state index in [0.29, 0.717) is 6.42 Å². The zero-order chi connectivity index (χ0) is 65.3. The number of hydrogen-bond acceptors (Lipinski definition) is 22. The number of rotatable bonds is 24. The third-order valence-corrected chi connectivity index (χ3v) is 26.0. The molecule has 9 atom stereocenters. The summed E-state index contributed by atoms with van der Waals surface area (Å²) in [6.45, 7) is 35.5. The summed E-state index contributed by atoms with van der Waals surface area (Å²) in [6, 6.07) is 6.68. The number of aliphatic hydroxyl groups excluding tert-OH is 11. The van der Waals surface area contributed by atoms with E-state index in [9.17, 15) is 15.3 Å². The molecule has 0 radical (unpaired) electrons. The van der Waals surface area contributed by atoms with Crippen molar-refractivity contribution in [2.45, 2.75) is 211 Å². The molecule has 0 saturated heterocycles. The maximum Gasteiger partial charge on any atom is 0.106 e. The van der Waals surface area contributed by atoms with Gasteiger partial charge < -0.3 is 88.6 Å². The highest BCUT2D eigenvalue weighted by atomic mass is 28.3. The largest absolute Gasteiger partial charge is 0.391 e. The van der Waals surface area contributed by atoms with Crippen molar-refractivity contribution < 1.29 is 56.2 Å². The minimum Gasteiger partial charge on any atom is -0.391 e. The van der Waals surface area contributed by atoms with Crippen molar-refractivity contribution >= 4 is 101 Å². The van der Waals surface area contributed by atoms with E-state index in [0.717, 1.165) is 73.8 Å². The molecule has 26 heteroatoms. The van der Waals surface area contributed by atoms with Crippen molar-refractivity contribution in [3.05, 3.63) is 12.7 Å². The third kappa shape index (κ3) is 81.1. The molecule has 0 aliphatic rings. The molecule has 0 aliphatic carbocycles. The van der Waals surface area contributed by atoms with Crippen LogP contribution < -0.4 is 0 Å². The van der Waals surface area contributed by atoms with Crippen LogP contribution in [0.1, 0.15) is 82.1 Å². The molecule has 22 nitrogen and oxygen atoms in total. The van der Waals surface area contributed by atoms with Gasteiger partial charge in [0.05, 0.1) is 92.8 Å². The molecule has 0 aromatic rings. The Kier molecular flexibility index (Phi) is 92.5. The fourth-order valence-electron chi connectivity index (χ4n) is 4.61. The minimum absolute atomic E-state index is 0.0521. The van der Waals surface area contributed by atoms with Crippen LogP contribution in [0.15, 0.2) is 37.6 Å². The van der Waals surface area contributed by atoms with Gasteiger partial charge in [0.1, 0.15) is 6.10 Å². The van der Waals surface area contributed by atoms with Crippen LogP contribution >= 0.6 is 0 Å². The molecular formula is C53H123N11O11Si4. The van der Waals surface area contributed by atoms with Crippen molar-refractivity contribution in [1.82, 2.24) is 0 Å². The van der Waals surface area contributed by atoms with Crippen LogP contribution in [0.25, 0.3) is 0 Å². The lowest BCUT2D eigenvalue weighted by Crippen LogP contribution is -2.46. The van der Waals surface area contributed by atoms with Crippen molar-refractivity contribution in [1.29, 1.82) is 32.5 Å². The summed E-state index contributed by atoms with van der Waals surface area (Å²) in [5.74, 6) is 0. The first kappa shape index (κ1) is 101. The molecule has 0 heterocycles. The summed E-state index contributed by atoms with van der Waals surface area (Å²) in [7, 11) is 2.55. The molecule has 0 amide bonds. The van der Waals surface area contributed by atoms with Crippen molar-refractivity contribution in [2.24, 2.45) is 25.0 Å². The van der Waals surface area contributed by atoms with Gasteiger partial charge in [-0.1, -0.05) is 137 Å². The molecule has 472 valence electrons. The van der Waals surface area contributed by atoms with Gasteiger partial charge in [-0.15, -0.1) is 6.58 Å². The van der Waals surface area contributed by atoms with Gasteiger partial charge in [-0.3, -0.25) is 25.0 Å². The summed E-state index contributed by atoms with van der Waals surface area (Å²) in [5, 5.41) is 134. The first-order valence-corrected chi connectivity index (χ1v) is 39.2. The van der Waals surface area contributed by atoms with Gasteiger partial charge in [-0.05, 0) is 26.7 Å². The molecule has 79 heavy (non-hydrogen) atoms. The number of nitrogens with zero attached hydrogens (tertiary/aromatic N) is 5. The Hall–Kier alpha value is -3.46. The SMILES string of the molecule is C=CC(O)C=N.CC(O)C=N.CCC(O)C=N.CCC(O)C=NC.CC[Si](CC)(CC)C(O)C=N.CC[Si](CC)(CC)C(O)C=NC.CN=CC(C)O.CN=CC(O)[Si](C)(C)C.CN=CCO.C[Si](C)(C)C(O)C=N.N=CCO. The Morgan fingerprint density at radius 2 is 0.722 bits per heavy atom. The highest BCUT2D eigenvalue weighted by molar-refractivity contribution is 6.83. The second-order valence-corrected chi connectivity index (χ2v) is 40.5. The Morgan fingerprint density at radius 3 is 0.797 bits per heavy atom. The summed E-state index contributed by atoms with van der Waals surface area (Å²) < 4.78 is 0.